The van der Waals surface area contributed by atoms with E-state index < -0.39 is 0 Å². The molecule has 0 aromatic carbocycles. The van der Waals surface area contributed by atoms with Gasteiger partial charge in [0.15, 0.2) is 0 Å². The molecule has 0 aromatic heterocycles. The summed E-state index contributed by atoms with van der Waals surface area (Å²) in [5, 5.41) is 9.14. The Hall–Kier alpha value is -1.09. The highest BCUT2D eigenvalue weighted by molar-refractivity contribution is 5.78. The van der Waals surface area contributed by atoms with E-state index in [-0.39, 0.29) is 6.04 Å². The van der Waals surface area contributed by atoms with Gasteiger partial charge in [0.1, 0.15) is 0 Å². The lowest BCUT2D eigenvalue weighted by molar-refractivity contribution is -0.110. The Morgan fingerprint density at radius 2 is 2.31 bits per heavy atom. The van der Waals surface area contributed by atoms with Crippen LogP contribution in [0.15, 0.2) is 24.4 Å². The van der Waals surface area contributed by atoms with Crippen LogP contribution in [0, 0.1) is 5.41 Å². The van der Waals surface area contributed by atoms with Gasteiger partial charge in [0.25, 0.3) is 0 Å². The largest absolute Gasteiger partial charge is 0.310 e. The zero-order valence-corrected chi connectivity index (χ0v) is 8.16. The fraction of sp³-hybridized carbons (Fsp3) is 0.500. The molecule has 0 saturated heterocycles. The van der Waals surface area contributed by atoms with E-state index in [0.717, 1.165) is 18.6 Å². The SMILES string of the molecule is CON1C=CC=CC1CCC(C)=N. The average Bonchev–Trinajstić information content (AvgIpc) is 2.15. The first-order valence-electron chi connectivity index (χ1n) is 4.45. The molecule has 1 aliphatic heterocycles. The van der Waals surface area contributed by atoms with Gasteiger partial charge in [0.05, 0.1) is 13.2 Å². The number of nitrogens with zero attached hydrogens (tertiary/aromatic N) is 1. The summed E-state index contributed by atoms with van der Waals surface area (Å²) in [5.41, 5.74) is 0.721. The second-order valence-electron chi connectivity index (χ2n) is 3.16. The molecule has 0 fully saturated rings. The first-order chi connectivity index (χ1) is 6.24. The van der Waals surface area contributed by atoms with Crippen molar-refractivity contribution in [3.8, 4) is 0 Å². The first-order valence-corrected chi connectivity index (χ1v) is 4.45. The zero-order chi connectivity index (χ0) is 9.68. The van der Waals surface area contributed by atoms with Crippen molar-refractivity contribution in [2.24, 2.45) is 0 Å². The van der Waals surface area contributed by atoms with Crippen molar-refractivity contribution in [3.63, 3.8) is 0 Å². The predicted octanol–water partition coefficient (Wildman–Crippen LogP) is 2.12. The number of hydrogen-bond donors (Lipinski definition) is 1. The van der Waals surface area contributed by atoms with Crippen molar-refractivity contribution in [3.05, 3.63) is 24.4 Å². The van der Waals surface area contributed by atoms with Crippen LogP contribution in [0.1, 0.15) is 19.8 Å². The molecular weight excluding hydrogens is 164 g/mol. The van der Waals surface area contributed by atoms with E-state index in [1.807, 2.05) is 30.3 Å². The van der Waals surface area contributed by atoms with Crippen LogP contribution in [-0.4, -0.2) is 23.9 Å². The van der Waals surface area contributed by atoms with E-state index in [9.17, 15) is 0 Å². The Balaban J connectivity index is 2.43. The molecule has 1 atom stereocenters. The Morgan fingerprint density at radius 1 is 1.54 bits per heavy atom. The number of allylic oxidation sites excluding steroid dienone is 2. The van der Waals surface area contributed by atoms with E-state index in [0.29, 0.717) is 0 Å². The molecule has 0 spiro atoms. The summed E-state index contributed by atoms with van der Waals surface area (Å²) in [6.07, 6.45) is 9.71. The van der Waals surface area contributed by atoms with E-state index in [2.05, 4.69) is 6.08 Å². The number of hydrogen-bond acceptors (Lipinski definition) is 3. The lowest BCUT2D eigenvalue weighted by Gasteiger charge is -2.27. The maximum atomic E-state index is 7.33. The highest BCUT2D eigenvalue weighted by atomic mass is 16.7. The smallest absolute Gasteiger partial charge is 0.0745 e. The highest BCUT2D eigenvalue weighted by Gasteiger charge is 2.13. The third-order valence-corrected chi connectivity index (χ3v) is 2.03. The van der Waals surface area contributed by atoms with Crippen molar-refractivity contribution in [1.29, 1.82) is 5.41 Å². The molecule has 0 saturated carbocycles. The summed E-state index contributed by atoms with van der Waals surface area (Å²) in [7, 11) is 1.66. The Morgan fingerprint density at radius 3 is 2.92 bits per heavy atom. The predicted molar refractivity (Wildman–Crippen MR) is 53.6 cm³/mol. The van der Waals surface area contributed by atoms with E-state index >= 15 is 0 Å². The monoisotopic (exact) mass is 180 g/mol. The molecule has 1 unspecified atom stereocenters. The number of hydroxylamine groups is 2. The van der Waals surface area contributed by atoms with Crippen LogP contribution < -0.4 is 0 Å². The minimum atomic E-state index is 0.273. The normalized spacial score (nSPS) is 20.8. The standard InChI is InChI=1S/C10H16N2O/c1-9(11)6-7-10-5-3-4-8-12(10)13-2/h3-5,8,10-11H,6-7H2,1-2H3. The molecule has 1 aliphatic rings. The van der Waals surface area contributed by atoms with Crippen molar-refractivity contribution in [2.75, 3.05) is 7.11 Å². The van der Waals surface area contributed by atoms with Gasteiger partial charge in [-0.05, 0) is 25.8 Å². The Kier molecular flexibility index (Phi) is 3.71. The van der Waals surface area contributed by atoms with Gasteiger partial charge in [-0.25, -0.2) is 0 Å². The van der Waals surface area contributed by atoms with Crippen LogP contribution >= 0.6 is 0 Å². The van der Waals surface area contributed by atoms with Crippen LogP contribution in [0.4, 0.5) is 0 Å². The van der Waals surface area contributed by atoms with Gasteiger partial charge < -0.3 is 5.41 Å². The summed E-state index contributed by atoms with van der Waals surface area (Å²) in [6.45, 7) is 1.83. The van der Waals surface area contributed by atoms with Crippen LogP contribution in [0.25, 0.3) is 0 Å². The van der Waals surface area contributed by atoms with Crippen molar-refractivity contribution < 1.29 is 4.84 Å². The summed E-state index contributed by atoms with van der Waals surface area (Å²) >= 11 is 0. The molecule has 0 amide bonds. The van der Waals surface area contributed by atoms with Crippen molar-refractivity contribution in [2.45, 2.75) is 25.8 Å². The highest BCUT2D eigenvalue weighted by Crippen LogP contribution is 2.13. The van der Waals surface area contributed by atoms with Gasteiger partial charge >= 0.3 is 0 Å². The minimum absolute atomic E-state index is 0.273. The van der Waals surface area contributed by atoms with E-state index in [4.69, 9.17) is 10.2 Å². The lowest BCUT2D eigenvalue weighted by atomic mass is 10.1. The third-order valence-electron chi connectivity index (χ3n) is 2.03. The molecule has 0 aromatic rings. The fourth-order valence-corrected chi connectivity index (χ4v) is 1.31. The maximum absolute atomic E-state index is 7.33. The number of rotatable bonds is 4. The fourth-order valence-electron chi connectivity index (χ4n) is 1.31. The molecule has 0 radical (unpaired) electrons. The quantitative estimate of drug-likeness (QED) is 0.673. The molecule has 1 N–H and O–H groups in total. The Labute approximate surface area is 79.2 Å². The summed E-state index contributed by atoms with van der Waals surface area (Å²) in [4.78, 5) is 5.16. The second-order valence-corrected chi connectivity index (χ2v) is 3.16. The topological polar surface area (TPSA) is 36.3 Å². The zero-order valence-electron chi connectivity index (χ0n) is 8.16. The minimum Gasteiger partial charge on any atom is -0.310 e. The van der Waals surface area contributed by atoms with Gasteiger partial charge in [-0.15, -0.1) is 0 Å². The van der Waals surface area contributed by atoms with Gasteiger partial charge in [-0.3, -0.25) is 9.90 Å². The van der Waals surface area contributed by atoms with Crippen LogP contribution in [-0.2, 0) is 4.84 Å². The molecule has 13 heavy (non-hydrogen) atoms. The van der Waals surface area contributed by atoms with Crippen LogP contribution in [0.3, 0.4) is 0 Å². The van der Waals surface area contributed by atoms with Crippen molar-refractivity contribution >= 4 is 5.71 Å². The van der Waals surface area contributed by atoms with E-state index in [1.165, 1.54) is 0 Å². The number of nitrogens with one attached hydrogen (secondary N) is 1. The van der Waals surface area contributed by atoms with Gasteiger partial charge in [0.2, 0.25) is 0 Å². The lowest BCUT2D eigenvalue weighted by Crippen LogP contribution is -2.29. The second kappa shape index (κ2) is 4.82. The molecule has 3 heteroatoms. The van der Waals surface area contributed by atoms with Gasteiger partial charge in [0, 0.05) is 11.9 Å². The molecule has 0 aliphatic carbocycles. The third kappa shape index (κ3) is 3.03. The molecule has 0 bridgehead atoms. The molecule has 1 rings (SSSR count). The van der Waals surface area contributed by atoms with E-state index in [1.54, 1.807) is 7.11 Å². The van der Waals surface area contributed by atoms with Gasteiger partial charge in [-0.1, -0.05) is 12.2 Å². The maximum Gasteiger partial charge on any atom is 0.0745 e. The summed E-state index contributed by atoms with van der Waals surface area (Å²) in [5.74, 6) is 0. The van der Waals surface area contributed by atoms with Gasteiger partial charge in [-0.2, -0.15) is 0 Å². The molecule has 72 valence electrons. The van der Waals surface area contributed by atoms with Crippen molar-refractivity contribution in [1.82, 2.24) is 5.06 Å². The Bertz CT molecular complexity index is 233. The summed E-state index contributed by atoms with van der Waals surface area (Å²) in [6, 6.07) is 0.273. The van der Waals surface area contributed by atoms with Crippen LogP contribution in [0.5, 0.6) is 0 Å². The first kappa shape index (κ1) is 9.99. The molecule has 1 heterocycles. The summed E-state index contributed by atoms with van der Waals surface area (Å²) < 4.78 is 0. The molecule has 3 nitrogen and oxygen atoms in total. The average molecular weight is 180 g/mol. The molecular formula is C10H16N2O. The van der Waals surface area contributed by atoms with Crippen LogP contribution in [0.2, 0.25) is 0 Å².